The summed E-state index contributed by atoms with van der Waals surface area (Å²) in [5.41, 5.74) is 1.04. The predicted molar refractivity (Wildman–Crippen MR) is 141 cm³/mol. The van der Waals surface area contributed by atoms with Gasteiger partial charge in [0, 0.05) is 16.2 Å². The lowest BCUT2D eigenvalue weighted by molar-refractivity contribution is -0.130. The van der Waals surface area contributed by atoms with Crippen LogP contribution in [-0.4, -0.2) is 50.6 Å². The third-order valence-corrected chi connectivity index (χ3v) is 6.71. The molecule has 1 heterocycles. The van der Waals surface area contributed by atoms with Crippen LogP contribution < -0.4 is 19.5 Å². The number of methoxy groups -OCH3 is 3. The zero-order valence-electron chi connectivity index (χ0n) is 19.6. The smallest absolute Gasteiger partial charge is 0.270 e. The van der Waals surface area contributed by atoms with E-state index in [0.717, 1.165) is 22.8 Å². The maximum Gasteiger partial charge on any atom is 0.270 e. The lowest BCUT2D eigenvalue weighted by Gasteiger charge is -2.34. The Morgan fingerprint density at radius 3 is 2.35 bits per heavy atom. The van der Waals surface area contributed by atoms with E-state index in [2.05, 4.69) is 27.9 Å². The number of carbonyl (C=O) groups is 2. The van der Waals surface area contributed by atoms with Gasteiger partial charge in [-0.05, 0) is 90.7 Å². The summed E-state index contributed by atoms with van der Waals surface area (Å²) in [6, 6.07) is 8.67. The first-order valence-electron chi connectivity index (χ1n) is 10.9. The predicted octanol–water partition coefficient (Wildman–Crippen LogP) is 5.14. The Hall–Kier alpha value is -2.46. The first-order chi connectivity index (χ1) is 16.3. The normalized spacial score (nSPS) is 16.1. The van der Waals surface area contributed by atoms with Crippen molar-refractivity contribution in [1.29, 1.82) is 0 Å². The highest BCUT2D eigenvalue weighted by Gasteiger charge is 2.27. The minimum atomic E-state index is -0.458. The number of nitrogens with zero attached hydrogens (tertiary/aromatic N) is 1. The van der Waals surface area contributed by atoms with E-state index >= 15 is 0 Å². The average molecular weight is 599 g/mol. The van der Waals surface area contributed by atoms with Gasteiger partial charge in [0.05, 0.1) is 31.9 Å². The van der Waals surface area contributed by atoms with E-state index in [1.54, 1.807) is 35.2 Å². The molecule has 182 valence electrons. The minimum Gasteiger partial charge on any atom is -0.493 e. The fourth-order valence-corrected chi connectivity index (χ4v) is 4.61. The second-order valence-electron chi connectivity index (χ2n) is 7.94. The first kappa shape index (κ1) is 26.2. The SMILES string of the molecule is COc1cc(C=C(NC(=O)c2cc(I)ccc2Cl)C(=O)N2CCCCC2C)cc(OC)c1OC. The van der Waals surface area contributed by atoms with Crippen LogP contribution in [0.3, 0.4) is 0 Å². The van der Waals surface area contributed by atoms with Gasteiger partial charge in [-0.2, -0.15) is 0 Å². The van der Waals surface area contributed by atoms with Crippen LogP contribution in [0, 0.1) is 3.57 Å². The van der Waals surface area contributed by atoms with E-state index in [9.17, 15) is 9.59 Å². The number of nitrogens with one attached hydrogen (secondary N) is 1. The van der Waals surface area contributed by atoms with Gasteiger partial charge in [-0.1, -0.05) is 11.6 Å². The molecule has 2 aromatic rings. The highest BCUT2D eigenvalue weighted by molar-refractivity contribution is 14.1. The number of carbonyl (C=O) groups excluding carboxylic acids is 2. The molecule has 1 saturated heterocycles. The number of rotatable bonds is 7. The van der Waals surface area contributed by atoms with Crippen LogP contribution in [0.4, 0.5) is 0 Å². The van der Waals surface area contributed by atoms with Gasteiger partial charge in [-0.3, -0.25) is 9.59 Å². The summed E-state index contributed by atoms with van der Waals surface area (Å²) in [5, 5.41) is 3.11. The van der Waals surface area contributed by atoms with Gasteiger partial charge in [0.25, 0.3) is 11.8 Å². The van der Waals surface area contributed by atoms with Crippen molar-refractivity contribution in [3.8, 4) is 17.2 Å². The summed E-state index contributed by atoms with van der Waals surface area (Å²) in [6.45, 7) is 2.65. The molecule has 1 fully saturated rings. The van der Waals surface area contributed by atoms with E-state index < -0.39 is 5.91 Å². The van der Waals surface area contributed by atoms with E-state index in [0.29, 0.717) is 39.9 Å². The summed E-state index contributed by atoms with van der Waals surface area (Å²) in [7, 11) is 4.56. The Balaban J connectivity index is 2.06. The molecular weight excluding hydrogens is 571 g/mol. The Bertz CT molecular complexity index is 1080. The second kappa shape index (κ2) is 11.8. The van der Waals surface area contributed by atoms with Crippen LogP contribution in [0.2, 0.25) is 5.02 Å². The monoisotopic (exact) mass is 598 g/mol. The Morgan fingerprint density at radius 1 is 1.09 bits per heavy atom. The van der Waals surface area contributed by atoms with Crippen molar-refractivity contribution in [1.82, 2.24) is 10.2 Å². The molecule has 3 rings (SSSR count). The molecule has 1 N–H and O–H groups in total. The number of hydrogen-bond acceptors (Lipinski definition) is 5. The number of ether oxygens (including phenoxy) is 3. The number of halogens is 2. The number of amides is 2. The third kappa shape index (κ3) is 5.96. The molecule has 0 aromatic heterocycles. The van der Waals surface area contributed by atoms with E-state index in [1.165, 1.54) is 21.3 Å². The maximum atomic E-state index is 13.6. The third-order valence-electron chi connectivity index (χ3n) is 5.71. The topological polar surface area (TPSA) is 77.1 Å². The molecule has 2 amide bonds. The molecule has 0 aliphatic carbocycles. The van der Waals surface area contributed by atoms with Gasteiger partial charge < -0.3 is 24.4 Å². The molecule has 1 atom stereocenters. The quantitative estimate of drug-likeness (QED) is 0.353. The molecule has 1 aliphatic heterocycles. The molecule has 1 aliphatic rings. The van der Waals surface area contributed by atoms with Gasteiger partial charge in [0.1, 0.15) is 5.70 Å². The Morgan fingerprint density at radius 2 is 1.76 bits per heavy atom. The summed E-state index contributed by atoms with van der Waals surface area (Å²) in [4.78, 5) is 28.5. The van der Waals surface area contributed by atoms with E-state index in [1.807, 2.05) is 13.0 Å². The van der Waals surface area contributed by atoms with Gasteiger partial charge in [-0.15, -0.1) is 0 Å². The van der Waals surface area contributed by atoms with Crippen molar-refractivity contribution in [2.75, 3.05) is 27.9 Å². The van der Waals surface area contributed by atoms with Crippen molar-refractivity contribution in [2.24, 2.45) is 0 Å². The summed E-state index contributed by atoms with van der Waals surface area (Å²) < 4.78 is 17.1. The van der Waals surface area contributed by atoms with Gasteiger partial charge >= 0.3 is 0 Å². The molecule has 0 spiro atoms. The zero-order chi connectivity index (χ0) is 24.8. The van der Waals surface area contributed by atoms with Gasteiger partial charge in [0.2, 0.25) is 5.75 Å². The molecule has 34 heavy (non-hydrogen) atoms. The van der Waals surface area contributed by atoms with Crippen LogP contribution in [-0.2, 0) is 4.79 Å². The van der Waals surface area contributed by atoms with Gasteiger partial charge in [0.15, 0.2) is 11.5 Å². The number of hydrogen-bond donors (Lipinski definition) is 1. The van der Waals surface area contributed by atoms with Crippen molar-refractivity contribution >= 4 is 52.1 Å². The van der Waals surface area contributed by atoms with E-state index in [-0.39, 0.29) is 17.6 Å². The molecule has 2 aromatic carbocycles. The molecule has 9 heteroatoms. The van der Waals surface area contributed by atoms with Crippen LogP contribution >= 0.6 is 34.2 Å². The van der Waals surface area contributed by atoms with E-state index in [4.69, 9.17) is 25.8 Å². The summed E-state index contributed by atoms with van der Waals surface area (Å²) >= 11 is 8.39. The molecule has 0 saturated carbocycles. The number of benzene rings is 2. The molecule has 0 bridgehead atoms. The first-order valence-corrected chi connectivity index (χ1v) is 12.3. The Labute approximate surface area is 218 Å². The number of piperidine rings is 1. The average Bonchev–Trinajstić information content (AvgIpc) is 2.84. The van der Waals surface area contributed by atoms with Crippen LogP contribution in [0.15, 0.2) is 36.0 Å². The second-order valence-corrected chi connectivity index (χ2v) is 9.59. The minimum absolute atomic E-state index is 0.0720. The van der Waals surface area contributed by atoms with Crippen molar-refractivity contribution < 1.29 is 23.8 Å². The lowest BCUT2D eigenvalue weighted by Crippen LogP contribution is -2.45. The van der Waals surface area contributed by atoms with Crippen LogP contribution in [0.5, 0.6) is 17.2 Å². The van der Waals surface area contributed by atoms with Crippen LogP contribution in [0.25, 0.3) is 6.08 Å². The highest BCUT2D eigenvalue weighted by Crippen LogP contribution is 2.38. The number of likely N-dealkylation sites (tertiary alicyclic amines) is 1. The van der Waals surface area contributed by atoms with Crippen molar-refractivity contribution in [2.45, 2.75) is 32.2 Å². The zero-order valence-corrected chi connectivity index (χ0v) is 22.5. The lowest BCUT2D eigenvalue weighted by atomic mass is 10.0. The molecule has 1 unspecified atom stereocenters. The summed E-state index contributed by atoms with van der Waals surface area (Å²) in [6.07, 6.45) is 4.53. The fraction of sp³-hybridized carbons (Fsp3) is 0.360. The molecule has 7 nitrogen and oxygen atoms in total. The van der Waals surface area contributed by atoms with Crippen molar-refractivity contribution in [3.63, 3.8) is 0 Å². The summed E-state index contributed by atoms with van der Waals surface area (Å²) in [5.74, 6) is 0.613. The molecular formula is C25H28ClIN2O5. The highest BCUT2D eigenvalue weighted by atomic mass is 127. The maximum absolute atomic E-state index is 13.6. The standard InChI is InChI=1S/C25H28ClIN2O5/c1-15-7-5-6-10-29(15)25(31)20(28-24(30)18-14-17(27)8-9-19(18)26)11-16-12-21(32-2)23(34-4)22(13-16)33-3/h8-9,11-15H,5-7,10H2,1-4H3,(H,28,30). The molecule has 0 radical (unpaired) electrons. The fourth-order valence-electron chi connectivity index (χ4n) is 3.92. The van der Waals surface area contributed by atoms with Crippen LogP contribution in [0.1, 0.15) is 42.1 Å². The largest absolute Gasteiger partial charge is 0.493 e. The van der Waals surface area contributed by atoms with Crippen molar-refractivity contribution in [3.05, 3.63) is 55.7 Å². The Kier molecular flexibility index (Phi) is 9.07. The van der Waals surface area contributed by atoms with Gasteiger partial charge in [-0.25, -0.2) is 0 Å².